The third-order valence-electron chi connectivity index (χ3n) is 5.31. The minimum atomic E-state index is -0.259. The molecule has 0 aromatic heterocycles. The Hall–Kier alpha value is -1.66. The molecule has 0 radical (unpaired) electrons. The van der Waals surface area contributed by atoms with Gasteiger partial charge in [0.2, 0.25) is 0 Å². The number of thioether (sulfide) groups is 2. The summed E-state index contributed by atoms with van der Waals surface area (Å²) in [6.45, 7) is 2.59. The molecule has 4 rings (SSSR count). The number of halogens is 1. The zero-order chi connectivity index (χ0) is 19.5. The molecule has 1 atom stereocenters. The summed E-state index contributed by atoms with van der Waals surface area (Å²) in [6.07, 6.45) is 2.03. The van der Waals surface area contributed by atoms with Crippen LogP contribution in [0.5, 0.6) is 5.75 Å². The van der Waals surface area contributed by atoms with Crippen molar-refractivity contribution in [2.45, 2.75) is 30.4 Å². The predicted molar refractivity (Wildman–Crippen MR) is 114 cm³/mol. The smallest absolute Gasteiger partial charge is 0.261 e. The maximum atomic E-state index is 13.6. The molecule has 6 heteroatoms. The molecule has 3 nitrogen and oxygen atoms in total. The number of ether oxygens (including phenoxy) is 1. The molecule has 0 saturated carbocycles. The molecule has 1 saturated heterocycles. The SMILES string of the molecule is CC1c2cc(F)ccc2CCN1C(=O)COc1ccc(C2SCCCS2)cc1. The van der Waals surface area contributed by atoms with Gasteiger partial charge in [-0.25, -0.2) is 4.39 Å². The summed E-state index contributed by atoms with van der Waals surface area (Å²) in [4.78, 5) is 14.5. The number of fused-ring (bicyclic) bond motifs is 1. The summed E-state index contributed by atoms with van der Waals surface area (Å²) >= 11 is 3.98. The van der Waals surface area contributed by atoms with Crippen molar-refractivity contribution >= 4 is 29.4 Å². The topological polar surface area (TPSA) is 29.5 Å². The van der Waals surface area contributed by atoms with E-state index in [4.69, 9.17) is 4.74 Å². The fourth-order valence-corrected chi connectivity index (χ4v) is 6.65. The summed E-state index contributed by atoms with van der Waals surface area (Å²) in [6, 6.07) is 12.8. The molecule has 28 heavy (non-hydrogen) atoms. The Morgan fingerprint density at radius 1 is 1.18 bits per heavy atom. The zero-order valence-corrected chi connectivity index (χ0v) is 17.5. The summed E-state index contributed by atoms with van der Waals surface area (Å²) in [5, 5.41) is 0. The number of hydrogen-bond donors (Lipinski definition) is 0. The molecule has 1 amide bonds. The molecule has 1 unspecified atom stereocenters. The van der Waals surface area contributed by atoms with E-state index in [0.29, 0.717) is 16.9 Å². The van der Waals surface area contributed by atoms with Crippen LogP contribution in [0.2, 0.25) is 0 Å². The van der Waals surface area contributed by atoms with E-state index in [1.54, 1.807) is 11.0 Å². The van der Waals surface area contributed by atoms with Crippen LogP contribution < -0.4 is 4.74 Å². The Kier molecular flexibility index (Phi) is 6.16. The fraction of sp³-hybridized carbons (Fsp3) is 0.409. The van der Waals surface area contributed by atoms with Crippen LogP contribution in [0.25, 0.3) is 0 Å². The molecule has 2 aromatic rings. The molecule has 0 spiro atoms. The Bertz CT molecular complexity index is 837. The van der Waals surface area contributed by atoms with Crippen molar-refractivity contribution in [3.05, 3.63) is 65.0 Å². The molecular formula is C22H24FNO2S2. The molecule has 2 aliphatic heterocycles. The Balaban J connectivity index is 1.35. The second kappa shape index (κ2) is 8.78. The molecular weight excluding hydrogens is 393 g/mol. The highest BCUT2D eigenvalue weighted by atomic mass is 32.2. The summed E-state index contributed by atoms with van der Waals surface area (Å²) < 4.78 is 19.8. The number of rotatable bonds is 4. The third kappa shape index (κ3) is 4.33. The maximum absolute atomic E-state index is 13.6. The number of carbonyl (C=O) groups is 1. The van der Waals surface area contributed by atoms with Crippen LogP contribution in [0, 0.1) is 5.82 Å². The molecule has 0 N–H and O–H groups in total. The van der Waals surface area contributed by atoms with Crippen molar-refractivity contribution in [1.82, 2.24) is 4.90 Å². The number of benzene rings is 2. The Morgan fingerprint density at radius 3 is 2.68 bits per heavy atom. The largest absolute Gasteiger partial charge is 0.484 e. The fourth-order valence-electron chi connectivity index (χ4n) is 3.75. The molecule has 1 fully saturated rings. The standard InChI is InChI=1S/C22H24FNO2S2/c1-15-20-13-18(23)6-3-16(20)9-10-24(15)21(25)14-26-19-7-4-17(5-8-19)22-27-11-2-12-28-22/h3-8,13,15,22H,2,9-12,14H2,1H3. The van der Waals surface area contributed by atoms with Crippen molar-refractivity contribution in [2.24, 2.45) is 0 Å². The number of amides is 1. The zero-order valence-electron chi connectivity index (χ0n) is 15.9. The van der Waals surface area contributed by atoms with Gasteiger partial charge in [-0.3, -0.25) is 4.79 Å². The molecule has 2 heterocycles. The number of nitrogens with zero attached hydrogens (tertiary/aromatic N) is 1. The van der Waals surface area contributed by atoms with E-state index in [1.165, 1.54) is 29.6 Å². The lowest BCUT2D eigenvalue weighted by Gasteiger charge is -2.35. The van der Waals surface area contributed by atoms with E-state index in [-0.39, 0.29) is 24.4 Å². The average molecular weight is 418 g/mol. The van der Waals surface area contributed by atoms with E-state index in [9.17, 15) is 9.18 Å². The highest BCUT2D eigenvalue weighted by molar-refractivity contribution is 8.16. The predicted octanol–water partition coefficient (Wildman–Crippen LogP) is 5.22. The Morgan fingerprint density at radius 2 is 1.93 bits per heavy atom. The van der Waals surface area contributed by atoms with Crippen molar-refractivity contribution in [3.8, 4) is 5.75 Å². The van der Waals surface area contributed by atoms with Gasteiger partial charge in [0.15, 0.2) is 6.61 Å². The van der Waals surface area contributed by atoms with Gasteiger partial charge in [-0.2, -0.15) is 0 Å². The molecule has 2 aliphatic rings. The first-order chi connectivity index (χ1) is 13.6. The first-order valence-electron chi connectivity index (χ1n) is 9.65. The first kappa shape index (κ1) is 19.6. The van der Waals surface area contributed by atoms with Crippen molar-refractivity contribution < 1.29 is 13.9 Å². The highest BCUT2D eigenvalue weighted by Crippen LogP contribution is 2.43. The Labute approximate surface area is 174 Å². The van der Waals surface area contributed by atoms with Crippen molar-refractivity contribution in [1.29, 1.82) is 0 Å². The summed E-state index contributed by atoms with van der Waals surface area (Å²) in [7, 11) is 0. The quantitative estimate of drug-likeness (QED) is 0.682. The minimum Gasteiger partial charge on any atom is -0.484 e. The lowest BCUT2D eigenvalue weighted by molar-refractivity contribution is -0.136. The summed E-state index contributed by atoms with van der Waals surface area (Å²) in [5.41, 5.74) is 3.32. The van der Waals surface area contributed by atoms with Gasteiger partial charge in [0.25, 0.3) is 5.91 Å². The average Bonchev–Trinajstić information content (AvgIpc) is 2.74. The van der Waals surface area contributed by atoms with E-state index >= 15 is 0 Å². The number of carbonyl (C=O) groups excluding carboxylic acids is 1. The second-order valence-electron chi connectivity index (χ2n) is 7.14. The van der Waals surface area contributed by atoms with Gasteiger partial charge >= 0.3 is 0 Å². The van der Waals surface area contributed by atoms with Crippen LogP contribution in [-0.4, -0.2) is 35.5 Å². The van der Waals surface area contributed by atoms with Crippen LogP contribution in [0.3, 0.4) is 0 Å². The molecule has 2 aromatic carbocycles. The van der Waals surface area contributed by atoms with Gasteiger partial charge < -0.3 is 9.64 Å². The molecule has 0 bridgehead atoms. The van der Waals surface area contributed by atoms with Gasteiger partial charge in [-0.15, -0.1) is 23.5 Å². The van der Waals surface area contributed by atoms with Crippen LogP contribution in [-0.2, 0) is 11.2 Å². The maximum Gasteiger partial charge on any atom is 0.261 e. The van der Waals surface area contributed by atoms with Gasteiger partial charge in [0.05, 0.1) is 10.6 Å². The monoisotopic (exact) mass is 417 g/mol. The van der Waals surface area contributed by atoms with E-state index in [0.717, 1.165) is 17.5 Å². The van der Waals surface area contributed by atoms with Gasteiger partial charge in [0.1, 0.15) is 11.6 Å². The molecule has 0 aliphatic carbocycles. The highest BCUT2D eigenvalue weighted by Gasteiger charge is 2.28. The summed E-state index contributed by atoms with van der Waals surface area (Å²) in [5.74, 6) is 2.81. The first-order valence-corrected chi connectivity index (χ1v) is 11.8. The minimum absolute atomic E-state index is 0.00125. The van der Waals surface area contributed by atoms with E-state index in [1.807, 2.05) is 48.6 Å². The van der Waals surface area contributed by atoms with E-state index in [2.05, 4.69) is 12.1 Å². The van der Waals surface area contributed by atoms with Gasteiger partial charge in [-0.05, 0) is 72.2 Å². The van der Waals surface area contributed by atoms with Crippen LogP contribution in [0.1, 0.15) is 40.7 Å². The normalized spacial score (nSPS) is 19.9. The second-order valence-corrected chi connectivity index (χ2v) is 9.87. The third-order valence-corrected chi connectivity index (χ3v) is 8.32. The van der Waals surface area contributed by atoms with Crippen LogP contribution in [0.4, 0.5) is 4.39 Å². The number of hydrogen-bond acceptors (Lipinski definition) is 4. The lowest BCUT2D eigenvalue weighted by Crippen LogP contribution is -2.41. The van der Waals surface area contributed by atoms with Crippen LogP contribution in [0.15, 0.2) is 42.5 Å². The molecule has 148 valence electrons. The van der Waals surface area contributed by atoms with Gasteiger partial charge in [0, 0.05) is 6.54 Å². The van der Waals surface area contributed by atoms with Crippen LogP contribution >= 0.6 is 23.5 Å². The van der Waals surface area contributed by atoms with Gasteiger partial charge in [-0.1, -0.05) is 18.2 Å². The lowest BCUT2D eigenvalue weighted by atomic mass is 9.93. The van der Waals surface area contributed by atoms with Crippen molar-refractivity contribution in [3.63, 3.8) is 0 Å². The van der Waals surface area contributed by atoms with E-state index < -0.39 is 0 Å². The van der Waals surface area contributed by atoms with Crippen molar-refractivity contribution in [2.75, 3.05) is 24.7 Å².